The van der Waals surface area contributed by atoms with Crippen LogP contribution in [0.15, 0.2) is 12.1 Å². The highest BCUT2D eigenvalue weighted by atomic mass is 28.3. The fraction of sp³-hybridized carbons (Fsp3) is 0.600. The number of nitrogens with zero attached hydrogens (tertiary/aromatic N) is 5. The van der Waals surface area contributed by atoms with Crippen LogP contribution in [0.2, 0.25) is 25.7 Å². The van der Waals surface area contributed by atoms with Gasteiger partial charge in [-0.25, -0.2) is 14.5 Å². The maximum absolute atomic E-state index is 13.1. The lowest BCUT2D eigenvalue weighted by atomic mass is 9.87. The molecule has 0 unspecified atom stereocenters. The Hall–Kier alpha value is -3.18. The van der Waals surface area contributed by atoms with Crippen molar-refractivity contribution in [1.29, 1.82) is 0 Å². The van der Waals surface area contributed by atoms with E-state index >= 15 is 0 Å². The number of rotatable bonds is 9. The van der Waals surface area contributed by atoms with Crippen LogP contribution in [0.3, 0.4) is 0 Å². The van der Waals surface area contributed by atoms with Crippen LogP contribution in [0.4, 0.5) is 10.5 Å². The molecule has 41 heavy (non-hydrogen) atoms. The lowest BCUT2D eigenvalue weighted by Crippen LogP contribution is -2.45. The summed E-state index contributed by atoms with van der Waals surface area (Å²) in [5.41, 5.74) is 7.25. The lowest BCUT2D eigenvalue weighted by Gasteiger charge is -2.28. The summed E-state index contributed by atoms with van der Waals surface area (Å²) in [5.74, 6) is 1.29. The molecule has 3 heterocycles. The van der Waals surface area contributed by atoms with E-state index in [0.29, 0.717) is 31.2 Å². The van der Waals surface area contributed by atoms with Gasteiger partial charge in [0.05, 0.1) is 17.6 Å². The van der Waals surface area contributed by atoms with E-state index in [1.54, 1.807) is 11.9 Å². The molecule has 1 N–H and O–H groups in total. The number of aryl methyl sites for hydroxylation is 1. The van der Waals surface area contributed by atoms with Gasteiger partial charge in [0.15, 0.2) is 5.82 Å². The Morgan fingerprint density at radius 3 is 2.88 bits per heavy atom. The Morgan fingerprint density at radius 1 is 1.32 bits per heavy atom. The predicted molar refractivity (Wildman–Crippen MR) is 161 cm³/mol. The van der Waals surface area contributed by atoms with Crippen molar-refractivity contribution in [2.75, 3.05) is 38.3 Å². The fourth-order valence-electron chi connectivity index (χ4n) is 6.21. The Labute approximate surface area is 242 Å². The zero-order valence-electron chi connectivity index (χ0n) is 25.2. The maximum atomic E-state index is 13.1. The summed E-state index contributed by atoms with van der Waals surface area (Å²) in [7, 11) is 0.579. The number of ether oxygens (including phenoxy) is 2. The molecule has 2 aliphatic carbocycles. The van der Waals surface area contributed by atoms with Gasteiger partial charge >= 0.3 is 6.09 Å². The first-order valence-electron chi connectivity index (χ1n) is 14.8. The largest absolute Gasteiger partial charge is 0.449 e. The van der Waals surface area contributed by atoms with E-state index in [9.17, 15) is 9.59 Å². The molecule has 1 aliphatic heterocycles. The smallest absolute Gasteiger partial charge is 0.410 e. The molecular weight excluding hydrogens is 536 g/mol. The Morgan fingerprint density at radius 2 is 2.12 bits per heavy atom. The number of carbonyl (C=O) groups is 2. The summed E-state index contributed by atoms with van der Waals surface area (Å²) in [5, 5.41) is 5.05. The highest BCUT2D eigenvalue weighted by Crippen LogP contribution is 2.60. The SMILES string of the molecule is Cc1cc2[nH]c(-c3nn(COCC[Si](C)(C)C)c4c3C[C@@H]3C[C@]3(C)C4)nc2cc1N(C)C(=O)CN1CCCOC1=O. The fourth-order valence-corrected chi connectivity index (χ4v) is 6.97. The normalized spacial score (nSPS) is 22.0. The van der Waals surface area contributed by atoms with Crippen molar-refractivity contribution in [3.8, 4) is 11.5 Å². The van der Waals surface area contributed by atoms with Crippen LogP contribution in [-0.2, 0) is 33.8 Å². The predicted octanol–water partition coefficient (Wildman–Crippen LogP) is 4.98. The van der Waals surface area contributed by atoms with Gasteiger partial charge in [-0.05, 0) is 67.7 Å². The molecule has 3 aliphatic rings. The molecule has 2 aromatic heterocycles. The van der Waals surface area contributed by atoms with E-state index in [1.807, 2.05) is 19.1 Å². The third kappa shape index (κ3) is 5.53. The Balaban J connectivity index is 1.26. The van der Waals surface area contributed by atoms with Crippen molar-refractivity contribution in [2.24, 2.45) is 11.3 Å². The van der Waals surface area contributed by atoms with Gasteiger partial charge in [0.25, 0.3) is 0 Å². The number of likely N-dealkylation sites (N-methyl/N-ethyl adjacent to an activating group) is 1. The number of H-pyrrole nitrogens is 1. The first-order chi connectivity index (χ1) is 19.4. The van der Waals surface area contributed by atoms with Crippen molar-refractivity contribution in [3.05, 3.63) is 29.0 Å². The summed E-state index contributed by atoms with van der Waals surface area (Å²) in [4.78, 5) is 36.7. The summed E-state index contributed by atoms with van der Waals surface area (Å²) < 4.78 is 13.3. The molecule has 1 saturated carbocycles. The number of benzene rings is 1. The monoisotopic (exact) mass is 578 g/mol. The van der Waals surface area contributed by atoms with Gasteiger partial charge in [0.1, 0.15) is 19.0 Å². The van der Waals surface area contributed by atoms with E-state index in [4.69, 9.17) is 19.6 Å². The molecular formula is C30H42N6O4Si. The average molecular weight is 579 g/mol. The first-order valence-corrected chi connectivity index (χ1v) is 18.5. The standard InChI is InChI=1S/C30H42N6O4Si/c1-19-12-22-23(14-24(19)34(3)26(37)17-35-8-7-9-40-29(35)38)32-28(31-22)27-21-13-20-15-30(20,2)16-25(21)36(33-27)18-39-10-11-41(4,5)6/h12,14,20H,7-11,13,15-18H2,1-6H3,(H,31,32)/t20-,30-/m1/s1. The zero-order chi connectivity index (χ0) is 29.1. The second-order valence-electron chi connectivity index (χ2n) is 13.6. The van der Waals surface area contributed by atoms with E-state index in [2.05, 4.69) is 36.2 Å². The number of carbonyl (C=O) groups excluding carboxylic acids is 2. The minimum absolute atomic E-state index is 0.0116. The number of hydrogen-bond donors (Lipinski definition) is 1. The average Bonchev–Trinajstić information content (AvgIpc) is 3.22. The summed E-state index contributed by atoms with van der Waals surface area (Å²) in [6.45, 7) is 13.6. The zero-order valence-corrected chi connectivity index (χ0v) is 26.2. The van der Waals surface area contributed by atoms with Gasteiger partial charge in [-0.1, -0.05) is 26.6 Å². The van der Waals surface area contributed by atoms with E-state index in [0.717, 1.165) is 65.7 Å². The number of amides is 2. The quantitative estimate of drug-likeness (QED) is 0.284. The third-order valence-corrected chi connectivity index (χ3v) is 10.8. The van der Waals surface area contributed by atoms with E-state index in [-0.39, 0.29) is 12.5 Å². The van der Waals surface area contributed by atoms with Crippen LogP contribution in [0.5, 0.6) is 0 Å². The molecule has 0 radical (unpaired) electrons. The van der Waals surface area contributed by atoms with Crippen LogP contribution >= 0.6 is 0 Å². The first kappa shape index (κ1) is 28.0. The molecule has 11 heteroatoms. The summed E-state index contributed by atoms with van der Waals surface area (Å²) in [6.07, 6.45) is 3.60. The topological polar surface area (TPSA) is 106 Å². The lowest BCUT2D eigenvalue weighted by molar-refractivity contribution is -0.119. The number of aromatic amines is 1. The Kier molecular flexibility index (Phi) is 7.00. The molecule has 10 nitrogen and oxygen atoms in total. The molecule has 220 valence electrons. The molecule has 2 amide bonds. The molecule has 2 atom stereocenters. The van der Waals surface area contributed by atoms with Crippen LogP contribution in [0, 0.1) is 18.3 Å². The van der Waals surface area contributed by atoms with Crippen molar-refractivity contribution in [2.45, 2.75) is 71.9 Å². The highest BCUT2D eigenvalue weighted by molar-refractivity contribution is 6.76. The van der Waals surface area contributed by atoms with Crippen LogP contribution in [-0.4, -0.2) is 78.1 Å². The van der Waals surface area contributed by atoms with Gasteiger partial charge in [-0.15, -0.1) is 0 Å². The van der Waals surface area contributed by atoms with Crippen LogP contribution in [0.1, 0.15) is 36.6 Å². The minimum Gasteiger partial charge on any atom is -0.449 e. The second-order valence-corrected chi connectivity index (χ2v) is 19.3. The molecule has 6 rings (SSSR count). The number of fused-ring (bicyclic) bond motifs is 3. The third-order valence-electron chi connectivity index (χ3n) is 9.08. The van der Waals surface area contributed by atoms with Crippen molar-refractivity contribution < 1.29 is 19.1 Å². The summed E-state index contributed by atoms with van der Waals surface area (Å²) in [6, 6.07) is 5.10. The van der Waals surface area contributed by atoms with E-state index < -0.39 is 14.2 Å². The van der Waals surface area contributed by atoms with E-state index in [1.165, 1.54) is 22.6 Å². The van der Waals surface area contributed by atoms with Gasteiger partial charge in [-0.3, -0.25) is 9.69 Å². The maximum Gasteiger partial charge on any atom is 0.410 e. The highest BCUT2D eigenvalue weighted by Gasteiger charge is 2.54. The number of cyclic esters (lactones) is 1. The van der Waals surface area contributed by atoms with Crippen molar-refractivity contribution in [3.63, 3.8) is 0 Å². The van der Waals surface area contributed by atoms with Crippen molar-refractivity contribution >= 4 is 36.8 Å². The van der Waals surface area contributed by atoms with Gasteiger partial charge in [0.2, 0.25) is 5.91 Å². The number of aromatic nitrogens is 4. The van der Waals surface area contributed by atoms with Crippen molar-refractivity contribution in [1.82, 2.24) is 24.6 Å². The summed E-state index contributed by atoms with van der Waals surface area (Å²) >= 11 is 0. The number of nitrogens with one attached hydrogen (secondary N) is 1. The van der Waals surface area contributed by atoms with Gasteiger partial charge in [-0.2, -0.15) is 5.10 Å². The molecule has 2 fully saturated rings. The molecule has 1 aromatic carbocycles. The van der Waals surface area contributed by atoms with Crippen LogP contribution < -0.4 is 4.90 Å². The second kappa shape index (κ2) is 10.3. The molecule has 0 bridgehead atoms. The number of imidazole rings is 1. The molecule has 3 aromatic rings. The number of anilines is 1. The van der Waals surface area contributed by atoms with Gasteiger partial charge in [0, 0.05) is 45.2 Å². The molecule has 1 saturated heterocycles. The number of hydrogen-bond acceptors (Lipinski definition) is 6. The molecule has 0 spiro atoms. The van der Waals surface area contributed by atoms with Gasteiger partial charge < -0.3 is 19.4 Å². The Bertz CT molecular complexity index is 1510. The minimum atomic E-state index is -1.16. The van der Waals surface area contributed by atoms with Crippen LogP contribution in [0.25, 0.3) is 22.6 Å².